The van der Waals surface area contributed by atoms with Crippen LogP contribution in [-0.4, -0.2) is 42.6 Å². The summed E-state index contributed by atoms with van der Waals surface area (Å²) in [6.07, 6.45) is 0.860. The van der Waals surface area contributed by atoms with Gasteiger partial charge in [-0.15, -0.1) is 0 Å². The average Bonchev–Trinajstić information content (AvgIpc) is 3.30. The van der Waals surface area contributed by atoms with E-state index in [1.54, 1.807) is 48.5 Å². The molecule has 1 amide bonds. The van der Waals surface area contributed by atoms with Crippen LogP contribution in [0.1, 0.15) is 43.0 Å². The van der Waals surface area contributed by atoms with E-state index in [1.807, 2.05) is 62.4 Å². The van der Waals surface area contributed by atoms with Gasteiger partial charge in [0.15, 0.2) is 7.05 Å². The van der Waals surface area contributed by atoms with Crippen molar-refractivity contribution in [1.29, 1.82) is 0 Å². The van der Waals surface area contributed by atoms with Gasteiger partial charge in [-0.2, -0.15) is 0 Å². The zero-order valence-corrected chi connectivity index (χ0v) is 22.8. The highest BCUT2D eigenvalue weighted by Crippen LogP contribution is 2.24. The lowest BCUT2D eigenvalue weighted by Crippen LogP contribution is -2.44. The van der Waals surface area contributed by atoms with Crippen molar-refractivity contribution >= 4 is 24.3 Å². The second kappa shape index (κ2) is 12.9. The molecule has 40 heavy (non-hydrogen) atoms. The van der Waals surface area contributed by atoms with E-state index in [0.29, 0.717) is 17.7 Å². The molecule has 5 rings (SSSR count). The molecule has 204 valence electrons. The number of rotatable bonds is 7. The van der Waals surface area contributed by atoms with Crippen molar-refractivity contribution in [2.24, 2.45) is 0 Å². The third-order valence-corrected chi connectivity index (χ3v) is 6.37. The molecule has 4 aromatic rings. The molecule has 1 aliphatic rings. The molecule has 0 spiro atoms. The van der Waals surface area contributed by atoms with Gasteiger partial charge in [0.25, 0.3) is 5.91 Å². The summed E-state index contributed by atoms with van der Waals surface area (Å²) in [5, 5.41) is 2.93. The highest BCUT2D eigenvalue weighted by Gasteiger charge is 2.53. The third kappa shape index (κ3) is 7.23. The van der Waals surface area contributed by atoms with Crippen LogP contribution in [0.3, 0.4) is 0 Å². The zero-order chi connectivity index (χ0) is 28.5. The Morgan fingerprint density at radius 2 is 1.30 bits per heavy atom. The standard InChI is InChI=1S/C16H15BFNO3.C16H17NO/c1-12-8-10-13(11-9-12)15(20)17(18)21-16(19(2)22-17)14-6-4-3-5-7-14;1-13-7-9-15(10-8-13)16(18)17-12-11-14-5-3-2-4-6-14/h3-11H,1-2H3;2-10H,11-12H2,1H3,(H,17,18). The predicted octanol–water partition coefficient (Wildman–Crippen LogP) is 5.64. The Morgan fingerprint density at radius 1 is 0.775 bits per heavy atom. The van der Waals surface area contributed by atoms with E-state index < -0.39 is 12.5 Å². The van der Waals surface area contributed by atoms with E-state index in [-0.39, 0.29) is 17.4 Å². The maximum Gasteiger partial charge on any atom is 0.653 e. The Labute approximate surface area is 234 Å². The lowest BCUT2D eigenvalue weighted by molar-refractivity contribution is -0.728. The Bertz CT molecular complexity index is 1480. The Morgan fingerprint density at radius 3 is 1.88 bits per heavy atom. The van der Waals surface area contributed by atoms with Gasteiger partial charge in [0.1, 0.15) is 5.68 Å². The second-order valence-electron chi connectivity index (χ2n) is 9.60. The van der Waals surface area contributed by atoms with Crippen LogP contribution in [0.25, 0.3) is 0 Å². The van der Waals surface area contributed by atoms with Crippen molar-refractivity contribution in [3.63, 3.8) is 0 Å². The maximum atomic E-state index is 14.9. The molecular formula is C32H32BFN2O4. The molecule has 6 nitrogen and oxygen atoms in total. The summed E-state index contributed by atoms with van der Waals surface area (Å²) < 4.78 is 26.4. The number of carbonyl (C=O) groups excluding carboxylic acids is 2. The van der Waals surface area contributed by atoms with Crippen LogP contribution >= 0.6 is 0 Å². The quantitative estimate of drug-likeness (QED) is 0.244. The molecule has 0 bridgehead atoms. The SMILES string of the molecule is Cc1ccc(C(=O)NCCc2ccccc2)cc1.Cc1ccc(C(=O)[B-]2(F)OC(c3ccccc3)=[N+](C)O2)cc1. The van der Waals surface area contributed by atoms with E-state index in [4.69, 9.17) is 9.41 Å². The van der Waals surface area contributed by atoms with Crippen molar-refractivity contribution in [2.75, 3.05) is 13.6 Å². The van der Waals surface area contributed by atoms with Gasteiger partial charge in [0, 0.05) is 12.1 Å². The Kier molecular flexibility index (Phi) is 9.12. The molecule has 0 fully saturated rings. The molecule has 1 N–H and O–H groups in total. The van der Waals surface area contributed by atoms with Gasteiger partial charge < -0.3 is 23.8 Å². The van der Waals surface area contributed by atoms with Crippen LogP contribution in [0.2, 0.25) is 0 Å². The van der Waals surface area contributed by atoms with Crippen molar-refractivity contribution < 1.29 is 28.1 Å². The van der Waals surface area contributed by atoms with E-state index >= 15 is 0 Å². The number of hydroxylamine groups is 1. The lowest BCUT2D eigenvalue weighted by atomic mass is 9.73. The number of halogens is 1. The van der Waals surface area contributed by atoms with Gasteiger partial charge in [-0.05, 0) is 60.4 Å². The number of benzene rings is 4. The second-order valence-corrected chi connectivity index (χ2v) is 9.60. The van der Waals surface area contributed by atoms with Crippen LogP contribution in [0, 0.1) is 13.8 Å². The molecule has 1 heterocycles. The van der Waals surface area contributed by atoms with Gasteiger partial charge in [-0.25, -0.2) is 0 Å². The van der Waals surface area contributed by atoms with Crippen molar-refractivity contribution in [3.05, 3.63) is 143 Å². The number of aryl methyl sites for hydroxylation is 2. The summed E-state index contributed by atoms with van der Waals surface area (Å²) in [5.74, 6) is 0.175. The minimum absolute atomic E-state index is 0.00840. The molecular weight excluding hydrogens is 506 g/mol. The minimum atomic E-state index is -3.60. The van der Waals surface area contributed by atoms with Crippen molar-refractivity contribution in [3.8, 4) is 0 Å². The highest BCUT2D eigenvalue weighted by molar-refractivity contribution is 6.95. The molecule has 1 unspecified atom stereocenters. The van der Waals surface area contributed by atoms with Crippen molar-refractivity contribution in [1.82, 2.24) is 5.32 Å². The van der Waals surface area contributed by atoms with E-state index in [2.05, 4.69) is 17.4 Å². The van der Waals surface area contributed by atoms with Gasteiger partial charge >= 0.3 is 12.7 Å². The summed E-state index contributed by atoms with van der Waals surface area (Å²) in [6.45, 7) is 0.969. The monoisotopic (exact) mass is 538 g/mol. The first-order valence-electron chi connectivity index (χ1n) is 13.1. The highest BCUT2D eigenvalue weighted by atomic mass is 19.1. The lowest BCUT2D eigenvalue weighted by Gasteiger charge is -2.20. The maximum absolute atomic E-state index is 14.9. The minimum Gasteiger partial charge on any atom is -0.596 e. The number of amides is 1. The summed E-state index contributed by atoms with van der Waals surface area (Å²) in [6, 6.07) is 33.3. The topological polar surface area (TPSA) is 67.6 Å². The van der Waals surface area contributed by atoms with Gasteiger partial charge in [0.2, 0.25) is 0 Å². The molecule has 1 atom stereocenters. The summed E-state index contributed by atoms with van der Waals surface area (Å²) in [5.41, 5.74) is 4.15. The fraction of sp³-hybridized carbons (Fsp3) is 0.156. The van der Waals surface area contributed by atoms with Crippen LogP contribution in [0.4, 0.5) is 4.32 Å². The molecule has 8 heteroatoms. The number of hydrogen-bond acceptors (Lipinski definition) is 4. The normalized spacial score (nSPS) is 15.8. The van der Waals surface area contributed by atoms with Crippen LogP contribution < -0.4 is 5.32 Å². The Balaban J connectivity index is 0.000000189. The molecule has 0 aromatic heterocycles. The van der Waals surface area contributed by atoms with Crippen LogP contribution in [0.15, 0.2) is 109 Å². The summed E-state index contributed by atoms with van der Waals surface area (Å²) >= 11 is 0. The van der Waals surface area contributed by atoms with Crippen LogP contribution in [0.5, 0.6) is 0 Å². The smallest absolute Gasteiger partial charge is 0.596 e. The first kappa shape index (κ1) is 28.3. The summed E-state index contributed by atoms with van der Waals surface area (Å²) in [7, 11) is 1.51. The fourth-order valence-electron chi connectivity index (χ4n) is 4.11. The van der Waals surface area contributed by atoms with Gasteiger partial charge in [-0.1, -0.05) is 96.1 Å². The number of nitrogens with one attached hydrogen (secondary N) is 1. The first-order valence-corrected chi connectivity index (χ1v) is 13.1. The first-order chi connectivity index (χ1) is 19.2. The van der Waals surface area contributed by atoms with E-state index in [0.717, 1.165) is 22.3 Å². The molecule has 0 aliphatic carbocycles. The zero-order valence-electron chi connectivity index (χ0n) is 22.8. The summed E-state index contributed by atoms with van der Waals surface area (Å²) in [4.78, 5) is 24.2. The molecule has 1 aliphatic heterocycles. The molecule has 0 radical (unpaired) electrons. The van der Waals surface area contributed by atoms with Gasteiger partial charge in [-0.3, -0.25) is 4.79 Å². The fourth-order valence-corrected chi connectivity index (χ4v) is 4.11. The number of carbonyl (C=O) groups is 2. The van der Waals surface area contributed by atoms with E-state index in [1.165, 1.54) is 12.6 Å². The van der Waals surface area contributed by atoms with Crippen molar-refractivity contribution in [2.45, 2.75) is 20.3 Å². The number of hydrogen-bond donors (Lipinski definition) is 1. The largest absolute Gasteiger partial charge is 0.653 e. The van der Waals surface area contributed by atoms with Crippen LogP contribution in [-0.2, 0) is 15.8 Å². The Hall–Kier alpha value is -4.72. The molecule has 4 aromatic carbocycles. The average molecular weight is 538 g/mol. The predicted molar refractivity (Wildman–Crippen MR) is 155 cm³/mol. The molecule has 0 saturated heterocycles. The van der Waals surface area contributed by atoms with Gasteiger partial charge in [0.05, 0.1) is 5.56 Å². The third-order valence-electron chi connectivity index (χ3n) is 6.37. The molecule has 0 saturated carbocycles. The number of nitrogens with zero attached hydrogens (tertiary/aromatic N) is 1. The van der Waals surface area contributed by atoms with E-state index in [9.17, 15) is 13.9 Å².